The van der Waals surface area contributed by atoms with Gasteiger partial charge in [-0.2, -0.15) is 0 Å². The van der Waals surface area contributed by atoms with Gasteiger partial charge >= 0.3 is 5.97 Å². The van der Waals surface area contributed by atoms with Gasteiger partial charge in [0.1, 0.15) is 12.6 Å². The highest BCUT2D eigenvalue weighted by molar-refractivity contribution is 6.05. The molecule has 0 N–H and O–H groups in total. The normalized spacial score (nSPS) is 16.5. The summed E-state index contributed by atoms with van der Waals surface area (Å²) in [7, 11) is 1.43. The van der Waals surface area contributed by atoms with Crippen molar-refractivity contribution in [1.29, 1.82) is 0 Å². The van der Waals surface area contributed by atoms with Crippen LogP contribution in [0.15, 0.2) is 0 Å². The van der Waals surface area contributed by atoms with Crippen LogP contribution in [0.3, 0.4) is 0 Å². The zero-order valence-electron chi connectivity index (χ0n) is 11.3. The van der Waals surface area contributed by atoms with Gasteiger partial charge in [-0.15, -0.1) is 0 Å². The molecule has 19 heavy (non-hydrogen) atoms. The van der Waals surface area contributed by atoms with E-state index in [4.69, 9.17) is 4.74 Å². The van der Waals surface area contributed by atoms with Gasteiger partial charge in [-0.3, -0.25) is 24.1 Å². The average Bonchev–Trinajstić information content (AvgIpc) is 2.67. The van der Waals surface area contributed by atoms with E-state index in [1.165, 1.54) is 14.0 Å². The Morgan fingerprint density at radius 2 is 1.84 bits per heavy atom. The maximum atomic E-state index is 12.0. The lowest BCUT2D eigenvalue weighted by Crippen LogP contribution is -2.49. The van der Waals surface area contributed by atoms with Crippen LogP contribution in [0.5, 0.6) is 0 Å². The molecule has 3 amide bonds. The molecule has 0 saturated carbocycles. The van der Waals surface area contributed by atoms with Crippen LogP contribution >= 0.6 is 0 Å². The van der Waals surface area contributed by atoms with Crippen molar-refractivity contribution in [2.24, 2.45) is 0 Å². The zero-order valence-corrected chi connectivity index (χ0v) is 11.3. The van der Waals surface area contributed by atoms with Gasteiger partial charge in [0.25, 0.3) is 0 Å². The summed E-state index contributed by atoms with van der Waals surface area (Å²) in [5.41, 5.74) is 0. The second-order valence-corrected chi connectivity index (χ2v) is 4.33. The maximum Gasteiger partial charge on any atom is 0.325 e. The molecule has 7 heteroatoms. The maximum absolute atomic E-state index is 12.0. The van der Waals surface area contributed by atoms with Gasteiger partial charge in [0, 0.05) is 19.9 Å². The molecule has 7 nitrogen and oxygen atoms in total. The van der Waals surface area contributed by atoms with Gasteiger partial charge in [-0.25, -0.2) is 0 Å². The fourth-order valence-electron chi connectivity index (χ4n) is 1.93. The smallest absolute Gasteiger partial charge is 0.325 e. The van der Waals surface area contributed by atoms with Crippen molar-refractivity contribution >= 4 is 23.7 Å². The van der Waals surface area contributed by atoms with Gasteiger partial charge in [-0.05, 0) is 13.8 Å². The van der Waals surface area contributed by atoms with E-state index in [-0.39, 0.29) is 37.8 Å². The Kier molecular flexibility index (Phi) is 5.02. The molecular weight excluding hydrogens is 252 g/mol. The van der Waals surface area contributed by atoms with Crippen molar-refractivity contribution in [3.63, 3.8) is 0 Å². The van der Waals surface area contributed by atoms with Gasteiger partial charge in [-0.1, -0.05) is 0 Å². The molecule has 1 rings (SSSR count). The number of hydrogen-bond acceptors (Lipinski definition) is 5. The summed E-state index contributed by atoms with van der Waals surface area (Å²) < 4.78 is 4.73. The van der Waals surface area contributed by atoms with Gasteiger partial charge < -0.3 is 9.64 Å². The molecule has 106 valence electrons. The lowest BCUT2D eigenvalue weighted by Gasteiger charge is -2.26. The molecule has 0 spiro atoms. The number of ether oxygens (including phenoxy) is 1. The minimum atomic E-state index is -0.887. The molecule has 0 aromatic heterocycles. The number of hydrogen-bond donors (Lipinski definition) is 0. The number of likely N-dealkylation sites (tertiary alicyclic amines) is 1. The molecule has 0 aromatic rings. The summed E-state index contributed by atoms with van der Waals surface area (Å²) in [6, 6.07) is -0.887. The highest BCUT2D eigenvalue weighted by atomic mass is 16.5. The SMILES string of the molecule is CCOC(=O)CN(C)C(=O)C(C)N1C(=O)CCC1=O. The zero-order chi connectivity index (χ0) is 14.6. The van der Waals surface area contributed by atoms with E-state index >= 15 is 0 Å². The Hall–Kier alpha value is -1.92. The third-order valence-electron chi connectivity index (χ3n) is 2.88. The number of nitrogens with zero attached hydrogens (tertiary/aromatic N) is 2. The molecule has 0 radical (unpaired) electrons. The Morgan fingerprint density at radius 3 is 2.32 bits per heavy atom. The monoisotopic (exact) mass is 270 g/mol. The summed E-state index contributed by atoms with van der Waals surface area (Å²) in [5, 5.41) is 0. The fourth-order valence-corrected chi connectivity index (χ4v) is 1.93. The van der Waals surface area contributed by atoms with Crippen LogP contribution in [0.25, 0.3) is 0 Å². The van der Waals surface area contributed by atoms with E-state index < -0.39 is 17.9 Å². The molecule has 1 fully saturated rings. The second-order valence-electron chi connectivity index (χ2n) is 4.33. The number of esters is 1. The first-order chi connectivity index (χ1) is 8.88. The van der Waals surface area contributed by atoms with Gasteiger partial charge in [0.05, 0.1) is 6.61 Å². The first kappa shape index (κ1) is 15.1. The largest absolute Gasteiger partial charge is 0.465 e. The topological polar surface area (TPSA) is 84.0 Å². The minimum Gasteiger partial charge on any atom is -0.465 e. The standard InChI is InChI=1S/C12H18N2O5/c1-4-19-11(17)7-13(3)12(18)8(2)14-9(15)5-6-10(14)16/h8H,4-7H2,1-3H3. The summed E-state index contributed by atoms with van der Waals surface area (Å²) in [4.78, 5) is 48.5. The highest BCUT2D eigenvalue weighted by Gasteiger charge is 2.37. The van der Waals surface area contributed by atoms with E-state index in [2.05, 4.69) is 0 Å². The third kappa shape index (κ3) is 3.52. The van der Waals surface area contributed by atoms with E-state index in [0.29, 0.717) is 0 Å². The molecule has 1 atom stereocenters. The number of carbonyl (C=O) groups is 4. The van der Waals surface area contributed by atoms with Crippen LogP contribution in [0.4, 0.5) is 0 Å². The number of likely N-dealkylation sites (N-methyl/N-ethyl adjacent to an activating group) is 1. The predicted octanol–water partition coefficient (Wildman–Crippen LogP) is -0.455. The first-order valence-electron chi connectivity index (χ1n) is 6.14. The van der Waals surface area contributed by atoms with Gasteiger partial charge in [0.2, 0.25) is 17.7 Å². The molecular formula is C12H18N2O5. The molecule has 1 unspecified atom stereocenters. The van der Waals surface area contributed by atoms with Crippen LogP contribution < -0.4 is 0 Å². The summed E-state index contributed by atoms with van der Waals surface area (Å²) in [6.07, 6.45) is 0.274. The Morgan fingerprint density at radius 1 is 1.32 bits per heavy atom. The van der Waals surface area contributed by atoms with E-state index in [1.807, 2.05) is 0 Å². The lowest BCUT2D eigenvalue weighted by molar-refractivity contribution is -0.152. The first-order valence-corrected chi connectivity index (χ1v) is 6.14. The van der Waals surface area contributed by atoms with Crippen molar-refractivity contribution in [2.75, 3.05) is 20.2 Å². The fraction of sp³-hybridized carbons (Fsp3) is 0.667. The molecule has 0 aliphatic carbocycles. The van der Waals surface area contributed by atoms with Crippen LogP contribution in [0.1, 0.15) is 26.7 Å². The molecule has 1 heterocycles. The number of amides is 3. The summed E-state index contributed by atoms with van der Waals surface area (Å²) >= 11 is 0. The highest BCUT2D eigenvalue weighted by Crippen LogP contribution is 2.16. The number of imide groups is 1. The van der Waals surface area contributed by atoms with Crippen LogP contribution in [-0.2, 0) is 23.9 Å². The van der Waals surface area contributed by atoms with Crippen molar-refractivity contribution in [3.8, 4) is 0 Å². The van der Waals surface area contributed by atoms with Crippen molar-refractivity contribution in [2.45, 2.75) is 32.7 Å². The van der Waals surface area contributed by atoms with E-state index in [0.717, 1.165) is 9.80 Å². The molecule has 1 aliphatic heterocycles. The van der Waals surface area contributed by atoms with Crippen LogP contribution in [-0.4, -0.2) is 59.7 Å². The minimum absolute atomic E-state index is 0.137. The molecule has 0 bridgehead atoms. The van der Waals surface area contributed by atoms with Crippen molar-refractivity contribution < 1.29 is 23.9 Å². The Labute approximate surface area is 111 Å². The lowest BCUT2D eigenvalue weighted by atomic mass is 10.2. The molecule has 1 aliphatic rings. The Bertz CT molecular complexity index is 391. The van der Waals surface area contributed by atoms with Crippen molar-refractivity contribution in [1.82, 2.24) is 9.80 Å². The van der Waals surface area contributed by atoms with E-state index in [1.54, 1.807) is 6.92 Å². The van der Waals surface area contributed by atoms with Gasteiger partial charge in [0.15, 0.2) is 0 Å². The molecule has 0 aromatic carbocycles. The predicted molar refractivity (Wildman–Crippen MR) is 64.8 cm³/mol. The Balaban J connectivity index is 2.63. The molecule has 1 saturated heterocycles. The summed E-state index contributed by atoms with van der Waals surface area (Å²) in [5.74, 6) is -1.69. The number of carbonyl (C=O) groups excluding carboxylic acids is 4. The summed E-state index contributed by atoms with van der Waals surface area (Å²) in [6.45, 7) is 3.18. The van der Waals surface area contributed by atoms with E-state index in [9.17, 15) is 19.2 Å². The quantitative estimate of drug-likeness (QED) is 0.499. The third-order valence-corrected chi connectivity index (χ3v) is 2.88. The average molecular weight is 270 g/mol. The second kappa shape index (κ2) is 6.31. The van der Waals surface area contributed by atoms with Crippen molar-refractivity contribution in [3.05, 3.63) is 0 Å². The van der Waals surface area contributed by atoms with Crippen LogP contribution in [0.2, 0.25) is 0 Å². The number of rotatable bonds is 5. The van der Waals surface area contributed by atoms with Crippen LogP contribution in [0, 0.1) is 0 Å².